The van der Waals surface area contributed by atoms with Crippen LogP contribution in [0.15, 0.2) is 54.7 Å². The molecule has 150 valence electrons. The highest BCUT2D eigenvalue weighted by Crippen LogP contribution is 2.33. The van der Waals surface area contributed by atoms with E-state index in [2.05, 4.69) is 80.2 Å². The molecule has 2 aliphatic heterocycles. The summed E-state index contributed by atoms with van der Waals surface area (Å²) in [5, 5.41) is 3.12. The molecule has 0 atom stereocenters. The lowest BCUT2D eigenvalue weighted by Crippen LogP contribution is -2.29. The summed E-state index contributed by atoms with van der Waals surface area (Å²) in [7, 11) is 2.24. The first-order valence-electron chi connectivity index (χ1n) is 10.9. The molecule has 0 unspecified atom stereocenters. The third kappa shape index (κ3) is 5.48. The van der Waals surface area contributed by atoms with E-state index in [0.29, 0.717) is 0 Å². The van der Waals surface area contributed by atoms with Crippen molar-refractivity contribution in [2.24, 2.45) is 0 Å². The Morgan fingerprint density at radius 3 is 2.25 bits per heavy atom. The summed E-state index contributed by atoms with van der Waals surface area (Å²) in [6.07, 6.45) is 6.18. The number of piperidine rings is 1. The van der Waals surface area contributed by atoms with Crippen LogP contribution in [0.5, 0.6) is 0 Å². The Morgan fingerprint density at radius 1 is 1.04 bits per heavy atom. The molecule has 0 aromatic heterocycles. The number of benzene rings is 2. The molecular formula is C26H36N2. The van der Waals surface area contributed by atoms with Crippen LogP contribution in [0.1, 0.15) is 55.2 Å². The number of aryl methyl sites for hydroxylation is 2. The van der Waals surface area contributed by atoms with Crippen molar-refractivity contribution in [1.29, 1.82) is 0 Å². The van der Waals surface area contributed by atoms with Crippen LogP contribution in [0.4, 0.5) is 0 Å². The minimum atomic E-state index is 0.733. The topological polar surface area (TPSA) is 15.3 Å². The van der Waals surface area contributed by atoms with Gasteiger partial charge in [0.1, 0.15) is 0 Å². The zero-order valence-corrected chi connectivity index (χ0v) is 17.9. The smallest absolute Gasteiger partial charge is 0.0147 e. The average molecular weight is 377 g/mol. The minimum absolute atomic E-state index is 0.733. The van der Waals surface area contributed by atoms with Crippen molar-refractivity contribution < 1.29 is 0 Å². The molecule has 4 rings (SSSR count). The van der Waals surface area contributed by atoms with Crippen LogP contribution in [0, 0.1) is 6.92 Å². The zero-order valence-electron chi connectivity index (χ0n) is 17.9. The molecule has 2 aromatic carbocycles. The van der Waals surface area contributed by atoms with Gasteiger partial charge < -0.3 is 10.2 Å². The molecule has 0 saturated carbocycles. The van der Waals surface area contributed by atoms with Gasteiger partial charge in [0.25, 0.3) is 0 Å². The third-order valence-electron chi connectivity index (χ3n) is 6.10. The molecule has 0 aliphatic carbocycles. The summed E-state index contributed by atoms with van der Waals surface area (Å²) < 4.78 is 0. The molecule has 2 aromatic rings. The molecule has 28 heavy (non-hydrogen) atoms. The van der Waals surface area contributed by atoms with Gasteiger partial charge in [-0.1, -0.05) is 61.5 Å². The predicted octanol–water partition coefficient (Wildman–Crippen LogP) is 5.92. The van der Waals surface area contributed by atoms with Gasteiger partial charge in [-0.25, -0.2) is 0 Å². The van der Waals surface area contributed by atoms with Gasteiger partial charge in [0, 0.05) is 12.2 Å². The van der Waals surface area contributed by atoms with Crippen molar-refractivity contribution in [2.45, 2.75) is 51.9 Å². The van der Waals surface area contributed by atoms with Gasteiger partial charge in [0.2, 0.25) is 0 Å². The van der Waals surface area contributed by atoms with E-state index in [4.69, 9.17) is 0 Å². The van der Waals surface area contributed by atoms with E-state index in [-0.39, 0.29) is 0 Å². The van der Waals surface area contributed by atoms with Gasteiger partial charge in [0.15, 0.2) is 0 Å². The summed E-state index contributed by atoms with van der Waals surface area (Å²) in [5.74, 6) is 0.733. The van der Waals surface area contributed by atoms with Crippen molar-refractivity contribution in [2.75, 3.05) is 26.7 Å². The van der Waals surface area contributed by atoms with E-state index < -0.39 is 0 Å². The molecule has 0 spiro atoms. The van der Waals surface area contributed by atoms with Crippen LogP contribution in [0.25, 0.3) is 11.1 Å². The van der Waals surface area contributed by atoms with Crippen molar-refractivity contribution in [3.8, 4) is 11.1 Å². The highest BCUT2D eigenvalue weighted by atomic mass is 15.1. The molecule has 2 heteroatoms. The van der Waals surface area contributed by atoms with E-state index in [1.807, 2.05) is 0 Å². The number of nitrogens with zero attached hydrogens (tertiary/aromatic N) is 1. The first-order chi connectivity index (χ1) is 13.6. The first kappa shape index (κ1) is 20.7. The zero-order chi connectivity index (χ0) is 19.9. The fraction of sp³-hybridized carbons (Fsp3) is 0.462. The van der Waals surface area contributed by atoms with Gasteiger partial charge in [-0.05, 0) is 87.3 Å². The van der Waals surface area contributed by atoms with Crippen molar-refractivity contribution in [1.82, 2.24) is 10.2 Å². The molecule has 0 amide bonds. The van der Waals surface area contributed by atoms with E-state index in [1.165, 1.54) is 66.7 Å². The molecule has 2 nitrogen and oxygen atoms in total. The number of allylic oxidation sites excluding steroid dienone is 1. The Bertz CT molecular complexity index is 760. The summed E-state index contributed by atoms with van der Waals surface area (Å²) in [4.78, 5) is 2.45. The summed E-state index contributed by atoms with van der Waals surface area (Å²) >= 11 is 0. The molecule has 0 bridgehead atoms. The second kappa shape index (κ2) is 9.93. The monoisotopic (exact) mass is 376 g/mol. The molecule has 2 heterocycles. The normalized spacial score (nSPS) is 17.8. The maximum absolute atomic E-state index is 3.74. The lowest BCUT2D eigenvalue weighted by Gasteiger charge is -2.30. The fourth-order valence-electron chi connectivity index (χ4n) is 4.20. The third-order valence-corrected chi connectivity index (χ3v) is 6.10. The van der Waals surface area contributed by atoms with E-state index in [9.17, 15) is 0 Å². The highest BCUT2D eigenvalue weighted by Gasteiger charge is 2.20. The van der Waals surface area contributed by atoms with E-state index in [0.717, 1.165) is 18.9 Å². The molecule has 0 radical (unpaired) electrons. The van der Waals surface area contributed by atoms with Crippen molar-refractivity contribution in [3.63, 3.8) is 0 Å². The van der Waals surface area contributed by atoms with Crippen LogP contribution in [0.2, 0.25) is 0 Å². The van der Waals surface area contributed by atoms with Crippen LogP contribution in [-0.2, 0) is 6.42 Å². The van der Waals surface area contributed by atoms with Gasteiger partial charge >= 0.3 is 0 Å². The summed E-state index contributed by atoms with van der Waals surface area (Å²) in [5.41, 5.74) is 8.35. The van der Waals surface area contributed by atoms with Gasteiger partial charge in [-0.3, -0.25) is 0 Å². The second-order valence-electron chi connectivity index (χ2n) is 8.34. The molecule has 2 saturated heterocycles. The number of rotatable bonds is 3. The highest BCUT2D eigenvalue weighted by molar-refractivity contribution is 5.65. The summed E-state index contributed by atoms with van der Waals surface area (Å²) in [6.45, 7) is 11.8. The Hall–Kier alpha value is -2.06. The first-order valence-corrected chi connectivity index (χ1v) is 10.9. The van der Waals surface area contributed by atoms with Crippen LogP contribution < -0.4 is 5.32 Å². The lowest BCUT2D eigenvalue weighted by molar-refractivity contribution is 0.255. The van der Waals surface area contributed by atoms with Crippen molar-refractivity contribution in [3.05, 3.63) is 71.4 Å². The minimum Gasteiger partial charge on any atom is -0.389 e. The molecule has 2 fully saturated rings. The second-order valence-corrected chi connectivity index (χ2v) is 8.34. The quantitative estimate of drug-likeness (QED) is 0.715. The van der Waals surface area contributed by atoms with Crippen LogP contribution in [0.3, 0.4) is 0 Å². The SMILES string of the molecule is C=C1CCCN1.CCc1ccc(-c2ccc(C)cc2)cc1C1CCN(C)CC1. The van der Waals surface area contributed by atoms with E-state index in [1.54, 1.807) is 5.56 Å². The van der Waals surface area contributed by atoms with E-state index >= 15 is 0 Å². The molecule has 2 aliphatic rings. The Balaban J connectivity index is 0.000000320. The maximum Gasteiger partial charge on any atom is 0.0147 e. The Kier molecular flexibility index (Phi) is 7.33. The predicted molar refractivity (Wildman–Crippen MR) is 122 cm³/mol. The Morgan fingerprint density at radius 2 is 1.71 bits per heavy atom. The average Bonchev–Trinajstić information content (AvgIpc) is 3.20. The number of hydrogen-bond donors (Lipinski definition) is 1. The number of likely N-dealkylation sites (tertiary alicyclic amines) is 1. The maximum atomic E-state index is 3.74. The van der Waals surface area contributed by atoms with Crippen LogP contribution >= 0.6 is 0 Å². The largest absolute Gasteiger partial charge is 0.389 e. The fourth-order valence-corrected chi connectivity index (χ4v) is 4.20. The number of nitrogens with one attached hydrogen (secondary N) is 1. The summed E-state index contributed by atoms with van der Waals surface area (Å²) in [6, 6.07) is 16.0. The lowest BCUT2D eigenvalue weighted by atomic mass is 9.84. The molecular weight excluding hydrogens is 340 g/mol. The van der Waals surface area contributed by atoms with Gasteiger partial charge in [-0.2, -0.15) is 0 Å². The molecule has 1 N–H and O–H groups in total. The standard InChI is InChI=1S/C21H27N.C5H9N/c1-4-17-9-10-20(18-7-5-16(2)6-8-18)15-21(17)19-11-13-22(3)14-12-19;1-5-3-2-4-6-5/h5-10,15,19H,4,11-14H2,1-3H3;6H,1-4H2. The van der Waals surface area contributed by atoms with Crippen LogP contribution in [-0.4, -0.2) is 31.6 Å². The van der Waals surface area contributed by atoms with Gasteiger partial charge in [-0.15, -0.1) is 0 Å². The number of hydrogen-bond acceptors (Lipinski definition) is 2. The van der Waals surface area contributed by atoms with Gasteiger partial charge in [0.05, 0.1) is 0 Å². The van der Waals surface area contributed by atoms with Crippen molar-refractivity contribution >= 4 is 0 Å². The Labute approximate surface area is 171 Å².